The van der Waals surface area contributed by atoms with Gasteiger partial charge in [0.15, 0.2) is 0 Å². The number of rotatable bonds is 6. The van der Waals surface area contributed by atoms with Crippen molar-refractivity contribution in [2.24, 2.45) is 5.92 Å². The Morgan fingerprint density at radius 2 is 1.92 bits per heavy atom. The second-order valence-corrected chi connectivity index (χ2v) is 6.63. The maximum absolute atomic E-state index is 12.6. The zero-order valence-electron chi connectivity index (χ0n) is 14.6. The average molecular weight is 347 g/mol. The van der Waals surface area contributed by atoms with Crippen molar-refractivity contribution in [2.45, 2.75) is 25.8 Å². The molecule has 1 aliphatic rings. The lowest BCUT2D eigenvalue weighted by molar-refractivity contribution is -0.117. The first-order valence-electron chi connectivity index (χ1n) is 8.76. The number of aryl methyl sites for hydroxylation is 1. The molecule has 2 aromatic carbocycles. The molecule has 0 saturated heterocycles. The van der Waals surface area contributed by atoms with Crippen LogP contribution in [0.5, 0.6) is 0 Å². The number of nitrogens with one attached hydrogen (secondary N) is 3. The van der Waals surface area contributed by atoms with Gasteiger partial charge in [0, 0.05) is 18.4 Å². The predicted octanol–water partition coefficient (Wildman–Crippen LogP) is 3.47. The average Bonchev–Trinajstić information content (AvgIpc) is 3.27. The van der Waals surface area contributed by atoms with Crippen molar-refractivity contribution in [3.63, 3.8) is 0 Å². The van der Waals surface area contributed by atoms with Crippen molar-refractivity contribution in [1.82, 2.24) is 15.2 Å². The highest BCUT2D eigenvalue weighted by molar-refractivity contribution is 5.97. The van der Waals surface area contributed by atoms with E-state index < -0.39 is 0 Å². The third-order valence-electron chi connectivity index (χ3n) is 4.83. The number of carbonyl (C=O) groups excluding carboxylic acids is 1. The van der Waals surface area contributed by atoms with Crippen LogP contribution < -0.4 is 10.6 Å². The molecule has 0 spiro atoms. The summed E-state index contributed by atoms with van der Waals surface area (Å²) in [5.74, 6) is 0.907. The maximum atomic E-state index is 12.6. The molecule has 3 aromatic rings. The Bertz CT molecular complexity index is 906. The summed E-state index contributed by atoms with van der Waals surface area (Å²) in [7, 11) is 0. The fourth-order valence-corrected chi connectivity index (χ4v) is 3.15. The molecule has 132 valence electrons. The van der Waals surface area contributed by atoms with Crippen LogP contribution in [0.25, 0.3) is 0 Å². The Hall–Kier alpha value is -3.15. The van der Waals surface area contributed by atoms with Gasteiger partial charge in [0.2, 0.25) is 5.91 Å². The van der Waals surface area contributed by atoms with Crippen molar-refractivity contribution in [1.29, 1.82) is 0 Å². The quantitative estimate of drug-likeness (QED) is 0.638. The van der Waals surface area contributed by atoms with Crippen LogP contribution in [0.1, 0.15) is 29.3 Å². The van der Waals surface area contributed by atoms with Gasteiger partial charge in [-0.05, 0) is 36.6 Å². The molecule has 2 atom stereocenters. The van der Waals surface area contributed by atoms with Crippen molar-refractivity contribution in [3.05, 3.63) is 71.8 Å². The molecule has 1 amide bonds. The van der Waals surface area contributed by atoms with Crippen molar-refractivity contribution in [3.8, 4) is 0 Å². The minimum absolute atomic E-state index is 0.0246. The zero-order valence-corrected chi connectivity index (χ0v) is 14.6. The lowest BCUT2D eigenvalue weighted by atomic mass is 10.1. The summed E-state index contributed by atoms with van der Waals surface area (Å²) in [6, 6.07) is 16.1. The number of para-hydroxylation sites is 2. The van der Waals surface area contributed by atoms with E-state index >= 15 is 0 Å². The molecule has 1 fully saturated rings. The molecule has 6 heteroatoms. The molecule has 6 nitrogen and oxygen atoms in total. The molecule has 0 aliphatic heterocycles. The normalized spacial score (nSPS) is 18.3. The first-order valence-corrected chi connectivity index (χ1v) is 8.76. The fraction of sp³-hybridized carbons (Fsp3) is 0.250. The number of nitrogens with zero attached hydrogens (tertiary/aromatic N) is 2. The number of anilines is 2. The maximum Gasteiger partial charge on any atom is 0.228 e. The summed E-state index contributed by atoms with van der Waals surface area (Å²) < 4.78 is 0. The Morgan fingerprint density at radius 3 is 2.69 bits per heavy atom. The SMILES string of the molecule is Cc1ccccc1CNc1ccccc1NC(=O)[C@H]1C[C@H]1c1ncn[nH]1. The van der Waals surface area contributed by atoms with Crippen LogP contribution >= 0.6 is 0 Å². The number of carbonyl (C=O) groups is 1. The van der Waals surface area contributed by atoms with E-state index in [4.69, 9.17) is 0 Å². The van der Waals surface area contributed by atoms with Gasteiger partial charge in [-0.3, -0.25) is 9.89 Å². The van der Waals surface area contributed by atoms with Gasteiger partial charge in [0.1, 0.15) is 12.2 Å². The number of aromatic amines is 1. The van der Waals surface area contributed by atoms with E-state index in [0.717, 1.165) is 23.6 Å². The largest absolute Gasteiger partial charge is 0.379 e. The molecule has 1 aliphatic carbocycles. The Balaban J connectivity index is 1.41. The van der Waals surface area contributed by atoms with Crippen LogP contribution in [0.2, 0.25) is 0 Å². The van der Waals surface area contributed by atoms with E-state index in [9.17, 15) is 4.79 Å². The van der Waals surface area contributed by atoms with Crippen molar-refractivity contribution >= 4 is 17.3 Å². The van der Waals surface area contributed by atoms with E-state index in [-0.39, 0.29) is 17.7 Å². The third kappa shape index (κ3) is 3.44. The minimum atomic E-state index is -0.0487. The molecule has 0 bridgehead atoms. The lowest BCUT2D eigenvalue weighted by Gasteiger charge is -2.14. The van der Waals surface area contributed by atoms with E-state index in [1.165, 1.54) is 17.5 Å². The third-order valence-corrected chi connectivity index (χ3v) is 4.83. The Labute approximate surface area is 152 Å². The van der Waals surface area contributed by atoms with Gasteiger partial charge in [-0.2, -0.15) is 5.10 Å². The topological polar surface area (TPSA) is 82.7 Å². The molecule has 4 rings (SSSR count). The number of hydrogen-bond acceptors (Lipinski definition) is 4. The van der Waals surface area contributed by atoms with E-state index in [2.05, 4.69) is 44.9 Å². The number of benzene rings is 2. The van der Waals surface area contributed by atoms with Crippen LogP contribution in [0.3, 0.4) is 0 Å². The first kappa shape index (κ1) is 16.3. The van der Waals surface area contributed by atoms with Crippen molar-refractivity contribution in [2.75, 3.05) is 10.6 Å². The number of H-pyrrole nitrogens is 1. The molecule has 1 aromatic heterocycles. The Kier molecular flexibility index (Phi) is 4.39. The van der Waals surface area contributed by atoms with E-state index in [1.54, 1.807) is 0 Å². The van der Waals surface area contributed by atoms with Gasteiger partial charge in [0.25, 0.3) is 0 Å². The van der Waals surface area contributed by atoms with Gasteiger partial charge in [-0.15, -0.1) is 0 Å². The number of amides is 1. The lowest BCUT2D eigenvalue weighted by Crippen LogP contribution is -2.16. The van der Waals surface area contributed by atoms with Crippen LogP contribution in [0, 0.1) is 12.8 Å². The summed E-state index contributed by atoms with van der Waals surface area (Å²) in [4.78, 5) is 16.7. The second kappa shape index (κ2) is 7.00. The summed E-state index contributed by atoms with van der Waals surface area (Å²) in [5.41, 5.74) is 4.20. The first-order chi connectivity index (χ1) is 12.7. The molecule has 3 N–H and O–H groups in total. The fourth-order valence-electron chi connectivity index (χ4n) is 3.15. The van der Waals surface area contributed by atoms with E-state index in [1.807, 2.05) is 36.4 Å². The van der Waals surface area contributed by atoms with Gasteiger partial charge < -0.3 is 10.6 Å². The molecule has 0 unspecified atom stereocenters. The molecule has 0 radical (unpaired) electrons. The highest BCUT2D eigenvalue weighted by Crippen LogP contribution is 2.46. The molecular formula is C20H21N5O. The predicted molar refractivity (Wildman–Crippen MR) is 101 cm³/mol. The molecule has 26 heavy (non-hydrogen) atoms. The van der Waals surface area contributed by atoms with Crippen LogP contribution in [0.15, 0.2) is 54.9 Å². The van der Waals surface area contributed by atoms with Gasteiger partial charge in [-0.25, -0.2) is 4.98 Å². The van der Waals surface area contributed by atoms with Crippen molar-refractivity contribution < 1.29 is 4.79 Å². The monoisotopic (exact) mass is 347 g/mol. The number of aromatic nitrogens is 3. The summed E-state index contributed by atoms with van der Waals surface area (Å²) >= 11 is 0. The van der Waals surface area contributed by atoms with Crippen LogP contribution in [0.4, 0.5) is 11.4 Å². The standard InChI is InChI=1S/C20H21N5O/c1-13-6-2-3-7-14(13)11-21-17-8-4-5-9-18(17)24-20(26)16-10-15(16)19-22-12-23-25-19/h2-9,12,15-16,21H,10-11H2,1H3,(H,24,26)(H,22,23,25)/t15-,16+/m1/s1. The summed E-state index contributed by atoms with van der Waals surface area (Å²) in [6.45, 7) is 2.81. The van der Waals surface area contributed by atoms with Gasteiger partial charge in [-0.1, -0.05) is 36.4 Å². The van der Waals surface area contributed by atoms with Crippen LogP contribution in [-0.4, -0.2) is 21.1 Å². The summed E-state index contributed by atoms with van der Waals surface area (Å²) in [5, 5.41) is 13.2. The van der Waals surface area contributed by atoms with Gasteiger partial charge >= 0.3 is 0 Å². The summed E-state index contributed by atoms with van der Waals surface area (Å²) in [6.07, 6.45) is 2.28. The molecular weight excluding hydrogens is 326 g/mol. The Morgan fingerprint density at radius 1 is 1.15 bits per heavy atom. The van der Waals surface area contributed by atoms with Crippen LogP contribution in [-0.2, 0) is 11.3 Å². The smallest absolute Gasteiger partial charge is 0.228 e. The zero-order chi connectivity index (χ0) is 17.9. The molecule has 1 saturated carbocycles. The number of hydrogen-bond donors (Lipinski definition) is 3. The molecule has 1 heterocycles. The minimum Gasteiger partial charge on any atom is -0.379 e. The van der Waals surface area contributed by atoms with Gasteiger partial charge in [0.05, 0.1) is 11.4 Å². The second-order valence-electron chi connectivity index (χ2n) is 6.63. The highest BCUT2D eigenvalue weighted by atomic mass is 16.2. The van der Waals surface area contributed by atoms with E-state index in [0.29, 0.717) is 6.54 Å². The highest BCUT2D eigenvalue weighted by Gasteiger charge is 2.46.